The zero-order valence-corrected chi connectivity index (χ0v) is 13.2. The van der Waals surface area contributed by atoms with E-state index in [9.17, 15) is 4.79 Å². The summed E-state index contributed by atoms with van der Waals surface area (Å²) in [6, 6.07) is 15.2. The van der Waals surface area contributed by atoms with Crippen LogP contribution in [0, 0.1) is 6.92 Å². The van der Waals surface area contributed by atoms with Crippen LogP contribution in [0.15, 0.2) is 53.5 Å². The van der Waals surface area contributed by atoms with Gasteiger partial charge in [0.1, 0.15) is 0 Å². The van der Waals surface area contributed by atoms with Gasteiger partial charge in [0.2, 0.25) is 0 Å². The highest BCUT2D eigenvalue weighted by Gasteiger charge is 2.00. The quantitative estimate of drug-likeness (QED) is 0.598. The molecule has 0 bridgehead atoms. The van der Waals surface area contributed by atoms with Gasteiger partial charge < -0.3 is 15.8 Å². The molecule has 23 heavy (non-hydrogen) atoms. The molecule has 2 rings (SSSR count). The van der Waals surface area contributed by atoms with Crippen molar-refractivity contribution in [2.24, 2.45) is 10.7 Å². The lowest BCUT2D eigenvalue weighted by Crippen LogP contribution is -2.22. The van der Waals surface area contributed by atoms with Crippen molar-refractivity contribution in [3.63, 3.8) is 0 Å². The summed E-state index contributed by atoms with van der Waals surface area (Å²) in [5, 5.41) is 5.63. The van der Waals surface area contributed by atoms with E-state index >= 15 is 0 Å². The molecule has 0 spiro atoms. The fourth-order valence-electron chi connectivity index (χ4n) is 1.86. The Balaban J connectivity index is 1.91. The SMILES string of the molecule is COC(=O)Nc1ccc(CN=C(N)Nc2ccc(C)cc2)cc1. The maximum atomic E-state index is 11.1. The molecule has 0 atom stereocenters. The van der Waals surface area contributed by atoms with Gasteiger partial charge in [0, 0.05) is 11.4 Å². The summed E-state index contributed by atoms with van der Waals surface area (Å²) in [5.41, 5.74) is 9.60. The van der Waals surface area contributed by atoms with Gasteiger partial charge in [-0.3, -0.25) is 5.32 Å². The van der Waals surface area contributed by atoms with Gasteiger partial charge in [0.05, 0.1) is 13.7 Å². The number of ether oxygens (including phenoxy) is 1. The van der Waals surface area contributed by atoms with Gasteiger partial charge in [-0.25, -0.2) is 9.79 Å². The Hall–Kier alpha value is -3.02. The molecule has 1 amide bonds. The van der Waals surface area contributed by atoms with Crippen molar-refractivity contribution in [3.8, 4) is 0 Å². The summed E-state index contributed by atoms with van der Waals surface area (Å²) < 4.78 is 4.53. The molecule has 0 aliphatic heterocycles. The van der Waals surface area contributed by atoms with Crippen LogP contribution in [0.3, 0.4) is 0 Å². The Morgan fingerprint density at radius 3 is 2.22 bits per heavy atom. The van der Waals surface area contributed by atoms with Crippen molar-refractivity contribution >= 4 is 23.4 Å². The van der Waals surface area contributed by atoms with Crippen molar-refractivity contribution < 1.29 is 9.53 Å². The van der Waals surface area contributed by atoms with Crippen molar-refractivity contribution in [1.29, 1.82) is 0 Å². The maximum Gasteiger partial charge on any atom is 0.411 e. The number of hydrogen-bond donors (Lipinski definition) is 3. The third kappa shape index (κ3) is 5.35. The van der Waals surface area contributed by atoms with Crippen LogP contribution in [0.2, 0.25) is 0 Å². The molecule has 0 heterocycles. The lowest BCUT2D eigenvalue weighted by molar-refractivity contribution is 0.187. The summed E-state index contributed by atoms with van der Waals surface area (Å²) in [6.45, 7) is 2.48. The van der Waals surface area contributed by atoms with E-state index in [4.69, 9.17) is 5.73 Å². The fraction of sp³-hybridized carbons (Fsp3) is 0.176. The minimum Gasteiger partial charge on any atom is -0.453 e. The minimum atomic E-state index is -0.498. The number of benzene rings is 2. The molecular weight excluding hydrogens is 292 g/mol. The highest BCUT2D eigenvalue weighted by atomic mass is 16.5. The number of amides is 1. The van der Waals surface area contributed by atoms with Gasteiger partial charge in [-0.2, -0.15) is 0 Å². The molecule has 0 saturated heterocycles. The van der Waals surface area contributed by atoms with Crippen LogP contribution in [0.1, 0.15) is 11.1 Å². The first-order valence-corrected chi connectivity index (χ1v) is 7.14. The minimum absolute atomic E-state index is 0.352. The number of carbonyl (C=O) groups excluding carboxylic acids is 1. The van der Waals surface area contributed by atoms with Crippen LogP contribution in [0.25, 0.3) is 0 Å². The van der Waals surface area contributed by atoms with Gasteiger partial charge in [0.15, 0.2) is 5.96 Å². The highest BCUT2D eigenvalue weighted by Crippen LogP contribution is 2.11. The van der Waals surface area contributed by atoms with Gasteiger partial charge >= 0.3 is 6.09 Å². The first kappa shape index (κ1) is 16.4. The number of aryl methyl sites for hydroxylation is 1. The van der Waals surface area contributed by atoms with E-state index < -0.39 is 6.09 Å². The normalized spacial score (nSPS) is 11.0. The molecule has 0 radical (unpaired) electrons. The first-order valence-electron chi connectivity index (χ1n) is 7.14. The first-order chi connectivity index (χ1) is 11.1. The maximum absolute atomic E-state index is 11.1. The number of aliphatic imine (C=N–C) groups is 1. The Morgan fingerprint density at radius 1 is 1.04 bits per heavy atom. The smallest absolute Gasteiger partial charge is 0.411 e. The summed E-state index contributed by atoms with van der Waals surface area (Å²) in [6.07, 6.45) is -0.498. The van der Waals surface area contributed by atoms with Gasteiger partial charge in [-0.15, -0.1) is 0 Å². The van der Waals surface area contributed by atoms with E-state index in [2.05, 4.69) is 20.4 Å². The second-order valence-electron chi connectivity index (χ2n) is 5.01. The third-order valence-corrected chi connectivity index (χ3v) is 3.14. The zero-order chi connectivity index (χ0) is 16.7. The van der Waals surface area contributed by atoms with Crippen molar-refractivity contribution in [2.45, 2.75) is 13.5 Å². The van der Waals surface area contributed by atoms with E-state index in [0.717, 1.165) is 11.3 Å². The molecule has 0 aromatic heterocycles. The largest absolute Gasteiger partial charge is 0.453 e. The number of hydrogen-bond acceptors (Lipinski definition) is 3. The number of nitrogens with one attached hydrogen (secondary N) is 2. The van der Waals surface area contributed by atoms with Crippen LogP contribution in [-0.2, 0) is 11.3 Å². The molecule has 0 aliphatic rings. The van der Waals surface area contributed by atoms with Crippen molar-refractivity contribution in [1.82, 2.24) is 0 Å². The standard InChI is InChI=1S/C17H20N4O2/c1-12-3-7-14(8-4-12)20-16(18)19-11-13-5-9-15(10-6-13)21-17(22)23-2/h3-10H,11H2,1-2H3,(H,21,22)(H3,18,19,20). The third-order valence-electron chi connectivity index (χ3n) is 3.14. The van der Waals surface area contributed by atoms with Gasteiger partial charge in [-0.1, -0.05) is 29.8 Å². The Kier molecular flexibility index (Phi) is 5.57. The summed E-state index contributed by atoms with van der Waals surface area (Å²) in [7, 11) is 1.32. The molecule has 2 aromatic rings. The predicted octanol–water partition coefficient (Wildman–Crippen LogP) is 3.10. The van der Waals surface area contributed by atoms with E-state index in [1.807, 2.05) is 43.3 Å². The van der Waals surface area contributed by atoms with E-state index in [0.29, 0.717) is 18.2 Å². The van der Waals surface area contributed by atoms with Crippen molar-refractivity contribution in [3.05, 3.63) is 59.7 Å². The summed E-state index contributed by atoms with van der Waals surface area (Å²) >= 11 is 0. The molecule has 2 aromatic carbocycles. The fourth-order valence-corrected chi connectivity index (χ4v) is 1.86. The van der Waals surface area contributed by atoms with Crippen LogP contribution >= 0.6 is 0 Å². The molecule has 0 saturated carbocycles. The van der Waals surface area contributed by atoms with Crippen LogP contribution in [-0.4, -0.2) is 19.2 Å². The molecule has 6 nitrogen and oxygen atoms in total. The molecule has 0 unspecified atom stereocenters. The average molecular weight is 312 g/mol. The van der Waals surface area contributed by atoms with E-state index in [-0.39, 0.29) is 0 Å². The Morgan fingerprint density at radius 2 is 1.61 bits per heavy atom. The number of nitrogens with two attached hydrogens (primary N) is 1. The molecule has 0 fully saturated rings. The van der Waals surface area contributed by atoms with E-state index in [1.165, 1.54) is 12.7 Å². The second kappa shape index (κ2) is 7.84. The van der Waals surface area contributed by atoms with Crippen molar-refractivity contribution in [2.75, 3.05) is 17.7 Å². The number of anilines is 2. The highest BCUT2D eigenvalue weighted by molar-refractivity contribution is 5.92. The zero-order valence-electron chi connectivity index (χ0n) is 13.2. The van der Waals surface area contributed by atoms with E-state index in [1.54, 1.807) is 12.1 Å². The van der Waals surface area contributed by atoms with Crippen LogP contribution in [0.5, 0.6) is 0 Å². The predicted molar refractivity (Wildman–Crippen MR) is 92.6 cm³/mol. The van der Waals surface area contributed by atoms with Crippen LogP contribution < -0.4 is 16.4 Å². The Labute approximate surface area is 135 Å². The van der Waals surface area contributed by atoms with Gasteiger partial charge in [-0.05, 0) is 36.8 Å². The summed E-state index contributed by atoms with van der Waals surface area (Å²) in [5.74, 6) is 0.352. The Bertz CT molecular complexity index is 679. The lowest BCUT2D eigenvalue weighted by Gasteiger charge is -2.07. The number of guanidine groups is 1. The van der Waals surface area contributed by atoms with Crippen LogP contribution in [0.4, 0.5) is 16.2 Å². The molecule has 0 aliphatic carbocycles. The monoisotopic (exact) mass is 312 g/mol. The topological polar surface area (TPSA) is 88.7 Å². The number of methoxy groups -OCH3 is 1. The molecule has 6 heteroatoms. The average Bonchev–Trinajstić information content (AvgIpc) is 2.56. The van der Waals surface area contributed by atoms with Gasteiger partial charge in [0.25, 0.3) is 0 Å². The molecule has 4 N–H and O–H groups in total. The molecular formula is C17H20N4O2. The summed E-state index contributed by atoms with van der Waals surface area (Å²) in [4.78, 5) is 15.4. The second-order valence-corrected chi connectivity index (χ2v) is 5.01. The lowest BCUT2D eigenvalue weighted by atomic mass is 10.2. The molecule has 120 valence electrons. The number of nitrogens with zero attached hydrogens (tertiary/aromatic N) is 1. The number of rotatable bonds is 4. The number of carbonyl (C=O) groups is 1.